The van der Waals surface area contributed by atoms with Gasteiger partial charge in [0.25, 0.3) is 0 Å². The van der Waals surface area contributed by atoms with Gasteiger partial charge < -0.3 is 21.3 Å². The number of benzene rings is 2. The minimum atomic E-state index is -3.96. The molecular weight excluding hydrogens is 476 g/mol. The smallest absolute Gasteiger partial charge is 0.304 e. The SMILES string of the molecule is CC(C)(C)c1cccc(S(=O)(=O)c2cccc(NC(=O)C(CC(=O)O)C(CC(=O)O)C(N)=O)c2)c1. The van der Waals surface area contributed by atoms with Crippen molar-refractivity contribution in [1.29, 1.82) is 0 Å². The number of carbonyl (C=O) groups is 4. The number of nitrogens with two attached hydrogens (primary N) is 1. The molecule has 0 saturated carbocycles. The fourth-order valence-electron chi connectivity index (χ4n) is 3.48. The first-order valence-corrected chi connectivity index (χ1v) is 12.1. The van der Waals surface area contributed by atoms with Gasteiger partial charge in [0.2, 0.25) is 21.7 Å². The van der Waals surface area contributed by atoms with Gasteiger partial charge in [-0.1, -0.05) is 39.0 Å². The molecule has 0 bridgehead atoms. The molecule has 0 aliphatic rings. The van der Waals surface area contributed by atoms with Crippen molar-refractivity contribution in [3.05, 3.63) is 54.1 Å². The van der Waals surface area contributed by atoms with E-state index in [9.17, 15) is 27.6 Å². The van der Waals surface area contributed by atoms with E-state index in [-0.39, 0.29) is 20.9 Å². The van der Waals surface area contributed by atoms with Crippen molar-refractivity contribution in [2.24, 2.45) is 17.6 Å². The van der Waals surface area contributed by atoms with Crippen LogP contribution in [0.2, 0.25) is 0 Å². The van der Waals surface area contributed by atoms with Crippen molar-refractivity contribution in [2.75, 3.05) is 5.32 Å². The van der Waals surface area contributed by atoms with Gasteiger partial charge in [0.1, 0.15) is 0 Å². The normalized spacial score (nSPS) is 13.5. The maximum Gasteiger partial charge on any atom is 0.304 e. The third-order valence-corrected chi connectivity index (χ3v) is 7.15. The van der Waals surface area contributed by atoms with Crippen molar-refractivity contribution < 1.29 is 37.8 Å². The summed E-state index contributed by atoms with van der Waals surface area (Å²) in [6, 6.07) is 11.8. The molecule has 0 heterocycles. The molecule has 2 amide bonds. The van der Waals surface area contributed by atoms with E-state index >= 15 is 0 Å². The highest BCUT2D eigenvalue weighted by atomic mass is 32.2. The first kappa shape index (κ1) is 27.5. The van der Waals surface area contributed by atoms with Crippen molar-refractivity contribution in [2.45, 2.75) is 48.8 Å². The van der Waals surface area contributed by atoms with Gasteiger partial charge in [-0.15, -0.1) is 0 Å². The first-order valence-electron chi connectivity index (χ1n) is 10.6. The molecule has 0 aromatic heterocycles. The zero-order chi connectivity index (χ0) is 26.6. The maximum atomic E-state index is 13.2. The third kappa shape index (κ3) is 7.12. The Labute approximate surface area is 203 Å². The average molecular weight is 505 g/mol. The van der Waals surface area contributed by atoms with Crippen LogP contribution in [0.15, 0.2) is 58.3 Å². The van der Waals surface area contributed by atoms with E-state index in [1.54, 1.807) is 12.1 Å². The predicted octanol–water partition coefficient (Wildman–Crippen LogP) is 2.42. The number of carboxylic acid groups (broad SMARTS) is 2. The largest absolute Gasteiger partial charge is 0.481 e. The van der Waals surface area contributed by atoms with E-state index in [0.29, 0.717) is 0 Å². The van der Waals surface area contributed by atoms with E-state index in [4.69, 9.17) is 15.9 Å². The van der Waals surface area contributed by atoms with Crippen LogP contribution in [0.3, 0.4) is 0 Å². The molecule has 0 spiro atoms. The van der Waals surface area contributed by atoms with E-state index in [2.05, 4.69) is 5.32 Å². The Morgan fingerprint density at radius 3 is 1.91 bits per heavy atom. The third-order valence-electron chi connectivity index (χ3n) is 5.40. The highest BCUT2D eigenvalue weighted by Gasteiger charge is 2.36. The summed E-state index contributed by atoms with van der Waals surface area (Å²) in [7, 11) is -3.96. The van der Waals surface area contributed by atoms with Gasteiger partial charge in [0.15, 0.2) is 0 Å². The number of nitrogens with one attached hydrogen (secondary N) is 1. The number of rotatable bonds is 10. The number of carboxylic acids is 2. The van der Waals surface area contributed by atoms with Crippen LogP contribution in [0.1, 0.15) is 39.2 Å². The van der Waals surface area contributed by atoms with Gasteiger partial charge in [0.05, 0.1) is 34.5 Å². The maximum absolute atomic E-state index is 13.2. The van der Waals surface area contributed by atoms with Crippen LogP contribution in [0.5, 0.6) is 0 Å². The molecule has 35 heavy (non-hydrogen) atoms. The molecule has 0 fully saturated rings. The van der Waals surface area contributed by atoms with E-state index in [0.717, 1.165) is 5.56 Å². The van der Waals surface area contributed by atoms with E-state index < -0.39 is 58.3 Å². The second-order valence-corrected chi connectivity index (χ2v) is 11.1. The first-order chi connectivity index (χ1) is 16.1. The van der Waals surface area contributed by atoms with Crippen molar-refractivity contribution in [3.63, 3.8) is 0 Å². The minimum Gasteiger partial charge on any atom is -0.481 e. The minimum absolute atomic E-state index is 0.0250. The molecule has 188 valence electrons. The quantitative estimate of drug-likeness (QED) is 0.380. The molecule has 0 saturated heterocycles. The van der Waals surface area contributed by atoms with Gasteiger partial charge in [-0.3, -0.25) is 19.2 Å². The Balaban J connectivity index is 2.40. The van der Waals surface area contributed by atoms with E-state index in [1.165, 1.54) is 30.3 Å². The number of hydrogen-bond donors (Lipinski definition) is 4. The van der Waals surface area contributed by atoms with Crippen LogP contribution >= 0.6 is 0 Å². The average Bonchev–Trinajstić information content (AvgIpc) is 2.75. The summed E-state index contributed by atoms with van der Waals surface area (Å²) in [6.45, 7) is 5.85. The van der Waals surface area contributed by atoms with Gasteiger partial charge >= 0.3 is 11.9 Å². The zero-order valence-electron chi connectivity index (χ0n) is 19.5. The van der Waals surface area contributed by atoms with Crippen molar-refractivity contribution in [3.8, 4) is 0 Å². The van der Waals surface area contributed by atoms with Gasteiger partial charge in [-0.2, -0.15) is 0 Å². The lowest BCUT2D eigenvalue weighted by molar-refractivity contribution is -0.146. The molecule has 0 radical (unpaired) electrons. The number of primary amides is 1. The summed E-state index contributed by atoms with van der Waals surface area (Å²) in [6.07, 6.45) is -1.68. The highest BCUT2D eigenvalue weighted by Crippen LogP contribution is 2.29. The molecule has 10 nitrogen and oxygen atoms in total. The molecule has 0 aliphatic heterocycles. The topological polar surface area (TPSA) is 181 Å². The lowest BCUT2D eigenvalue weighted by atomic mass is 9.85. The number of anilines is 1. The highest BCUT2D eigenvalue weighted by molar-refractivity contribution is 7.91. The van der Waals surface area contributed by atoms with Crippen molar-refractivity contribution >= 4 is 39.3 Å². The lowest BCUT2D eigenvalue weighted by Gasteiger charge is -2.22. The Morgan fingerprint density at radius 2 is 1.40 bits per heavy atom. The second kappa shape index (κ2) is 10.7. The Kier molecular flexibility index (Phi) is 8.40. The van der Waals surface area contributed by atoms with Crippen LogP contribution in [0.25, 0.3) is 0 Å². The molecule has 0 aliphatic carbocycles. The van der Waals surface area contributed by atoms with E-state index in [1.807, 2.05) is 26.8 Å². The molecule has 2 rings (SSSR count). The molecular formula is C24H28N2O8S. The molecule has 2 aromatic carbocycles. The Morgan fingerprint density at radius 1 is 0.886 bits per heavy atom. The Bertz CT molecular complexity index is 1250. The second-order valence-electron chi connectivity index (χ2n) is 9.11. The zero-order valence-corrected chi connectivity index (χ0v) is 20.3. The monoisotopic (exact) mass is 504 g/mol. The van der Waals surface area contributed by atoms with Crippen LogP contribution < -0.4 is 11.1 Å². The molecule has 11 heteroatoms. The van der Waals surface area contributed by atoms with Crippen LogP contribution in [-0.4, -0.2) is 42.4 Å². The van der Waals surface area contributed by atoms with Crippen molar-refractivity contribution in [1.82, 2.24) is 0 Å². The summed E-state index contributed by atoms with van der Waals surface area (Å²) < 4.78 is 26.5. The summed E-state index contributed by atoms with van der Waals surface area (Å²) in [4.78, 5) is 46.9. The number of sulfone groups is 1. The van der Waals surface area contributed by atoms with Crippen LogP contribution in [-0.2, 0) is 34.4 Å². The summed E-state index contributed by atoms with van der Waals surface area (Å²) >= 11 is 0. The fraction of sp³-hybridized carbons (Fsp3) is 0.333. The van der Waals surface area contributed by atoms with Crippen LogP contribution in [0.4, 0.5) is 5.69 Å². The summed E-state index contributed by atoms with van der Waals surface area (Å²) in [5.41, 5.74) is 5.78. The molecule has 2 aromatic rings. The predicted molar refractivity (Wildman–Crippen MR) is 126 cm³/mol. The molecule has 2 atom stereocenters. The molecule has 2 unspecified atom stereocenters. The lowest BCUT2D eigenvalue weighted by Crippen LogP contribution is -2.39. The summed E-state index contributed by atoms with van der Waals surface area (Å²) in [5.74, 6) is -8.12. The number of hydrogen-bond acceptors (Lipinski definition) is 6. The fourth-order valence-corrected chi connectivity index (χ4v) is 4.83. The molecule has 5 N–H and O–H groups in total. The van der Waals surface area contributed by atoms with Gasteiger partial charge in [-0.05, 0) is 41.3 Å². The van der Waals surface area contributed by atoms with Crippen LogP contribution in [0, 0.1) is 11.8 Å². The number of amides is 2. The summed E-state index contributed by atoms with van der Waals surface area (Å²) in [5, 5.41) is 20.6. The standard InChI is InChI=1S/C24H28N2O8S/c1-24(2,3)14-6-4-8-16(10-14)35(33,34)17-9-5-7-15(11-17)26-23(32)19(13-21(29)30)18(22(25)31)12-20(27)28/h4-11,18-19H,12-13H2,1-3H3,(H2,25,31)(H,26,32)(H,27,28)(H,29,30). The van der Waals surface area contributed by atoms with Gasteiger partial charge in [0, 0.05) is 5.69 Å². The number of carbonyl (C=O) groups excluding carboxylic acids is 2. The Hall–Kier alpha value is -3.73. The number of aliphatic carboxylic acids is 2. The van der Waals surface area contributed by atoms with Gasteiger partial charge in [-0.25, -0.2) is 8.42 Å².